The summed E-state index contributed by atoms with van der Waals surface area (Å²) in [6.07, 6.45) is 1.76. The molecule has 1 atom stereocenters. The number of nitrogens with zero attached hydrogens (tertiary/aromatic N) is 4. The summed E-state index contributed by atoms with van der Waals surface area (Å²) in [4.78, 5) is 2.28. The predicted molar refractivity (Wildman–Crippen MR) is 73.5 cm³/mol. The maximum absolute atomic E-state index is 13.9. The van der Waals surface area contributed by atoms with E-state index >= 15 is 0 Å². The van der Waals surface area contributed by atoms with E-state index in [0.717, 1.165) is 32.0 Å². The average molecular weight is 275 g/mol. The van der Waals surface area contributed by atoms with Crippen molar-refractivity contribution in [1.29, 1.82) is 0 Å². The Morgan fingerprint density at radius 2 is 2.20 bits per heavy atom. The minimum absolute atomic E-state index is 0.0225. The summed E-state index contributed by atoms with van der Waals surface area (Å²) in [5.41, 5.74) is 0.710. The molecule has 0 spiro atoms. The summed E-state index contributed by atoms with van der Waals surface area (Å²) in [5.74, 6) is 0.812. The molecule has 1 unspecified atom stereocenters. The second kappa shape index (κ2) is 5.68. The van der Waals surface area contributed by atoms with Crippen molar-refractivity contribution < 1.29 is 4.39 Å². The number of hydrogen-bond donors (Lipinski definition) is 1. The quantitative estimate of drug-likeness (QED) is 0.910. The Labute approximate surface area is 117 Å². The lowest BCUT2D eigenvalue weighted by Crippen LogP contribution is -2.39. The van der Waals surface area contributed by atoms with Crippen molar-refractivity contribution in [2.75, 3.05) is 20.1 Å². The van der Waals surface area contributed by atoms with Crippen LogP contribution in [0.3, 0.4) is 0 Å². The standard InChI is InChI=1S/C14H18FN5/c1-16-13(11-4-2-3-5-12(11)15)8-19-6-7-20-10-17-18-14(20)9-19/h2-5,10,13,16H,6-9H2,1H3. The van der Waals surface area contributed by atoms with Crippen molar-refractivity contribution in [3.8, 4) is 0 Å². The number of benzene rings is 1. The van der Waals surface area contributed by atoms with Crippen molar-refractivity contribution in [3.63, 3.8) is 0 Å². The molecule has 3 rings (SSSR count). The van der Waals surface area contributed by atoms with Gasteiger partial charge in [-0.15, -0.1) is 10.2 Å². The number of rotatable bonds is 4. The number of halogens is 1. The first-order valence-electron chi connectivity index (χ1n) is 6.78. The monoisotopic (exact) mass is 275 g/mol. The molecular formula is C14H18FN5. The summed E-state index contributed by atoms with van der Waals surface area (Å²) in [6.45, 7) is 3.32. The first-order chi connectivity index (χ1) is 9.78. The zero-order valence-corrected chi connectivity index (χ0v) is 11.5. The zero-order valence-electron chi connectivity index (χ0n) is 11.5. The second-order valence-electron chi connectivity index (χ2n) is 5.04. The van der Waals surface area contributed by atoms with Gasteiger partial charge < -0.3 is 9.88 Å². The van der Waals surface area contributed by atoms with Gasteiger partial charge in [-0.1, -0.05) is 18.2 Å². The molecule has 106 valence electrons. The van der Waals surface area contributed by atoms with Crippen LogP contribution in [-0.2, 0) is 13.1 Å². The molecule has 5 nitrogen and oxygen atoms in total. The van der Waals surface area contributed by atoms with Gasteiger partial charge in [0.2, 0.25) is 0 Å². The molecule has 0 radical (unpaired) electrons. The van der Waals surface area contributed by atoms with Gasteiger partial charge in [-0.05, 0) is 13.1 Å². The molecule has 0 saturated carbocycles. The normalized spacial score (nSPS) is 16.9. The first kappa shape index (κ1) is 13.2. The molecule has 0 fully saturated rings. The van der Waals surface area contributed by atoms with Crippen LogP contribution in [0, 0.1) is 5.82 Å². The highest BCUT2D eigenvalue weighted by atomic mass is 19.1. The van der Waals surface area contributed by atoms with Crippen LogP contribution in [0.1, 0.15) is 17.4 Å². The van der Waals surface area contributed by atoms with E-state index in [-0.39, 0.29) is 11.9 Å². The van der Waals surface area contributed by atoms with Gasteiger partial charge >= 0.3 is 0 Å². The van der Waals surface area contributed by atoms with E-state index in [2.05, 4.69) is 25.0 Å². The molecule has 0 saturated heterocycles. The third-order valence-electron chi connectivity index (χ3n) is 3.79. The second-order valence-corrected chi connectivity index (χ2v) is 5.04. The molecule has 1 N–H and O–H groups in total. The van der Waals surface area contributed by atoms with Crippen LogP contribution in [-0.4, -0.2) is 39.8 Å². The lowest BCUT2D eigenvalue weighted by Gasteiger charge is -2.30. The van der Waals surface area contributed by atoms with Gasteiger partial charge in [0, 0.05) is 31.2 Å². The van der Waals surface area contributed by atoms with E-state index in [4.69, 9.17) is 0 Å². The Kier molecular flexibility index (Phi) is 3.75. The van der Waals surface area contributed by atoms with E-state index in [1.165, 1.54) is 6.07 Å². The van der Waals surface area contributed by atoms with Crippen molar-refractivity contribution in [2.45, 2.75) is 19.1 Å². The topological polar surface area (TPSA) is 46.0 Å². The summed E-state index contributed by atoms with van der Waals surface area (Å²) < 4.78 is 15.9. The molecule has 2 heterocycles. The van der Waals surface area contributed by atoms with Crippen LogP contribution in [0.5, 0.6) is 0 Å². The Bertz CT molecular complexity index is 582. The van der Waals surface area contributed by atoms with E-state index in [0.29, 0.717) is 5.56 Å². The highest BCUT2D eigenvalue weighted by Crippen LogP contribution is 2.19. The third-order valence-corrected chi connectivity index (χ3v) is 3.79. The minimum atomic E-state index is -0.160. The van der Waals surface area contributed by atoms with Crippen molar-refractivity contribution in [2.24, 2.45) is 0 Å². The minimum Gasteiger partial charge on any atom is -0.315 e. The van der Waals surface area contributed by atoms with E-state index in [1.54, 1.807) is 12.4 Å². The Morgan fingerprint density at radius 3 is 3.00 bits per heavy atom. The smallest absolute Gasteiger partial charge is 0.147 e. The van der Waals surface area contributed by atoms with Crippen LogP contribution >= 0.6 is 0 Å². The third kappa shape index (κ3) is 2.57. The molecule has 1 aromatic carbocycles. The lowest BCUT2D eigenvalue weighted by atomic mass is 10.1. The largest absolute Gasteiger partial charge is 0.315 e. The maximum Gasteiger partial charge on any atom is 0.147 e. The fourth-order valence-electron chi connectivity index (χ4n) is 2.63. The van der Waals surface area contributed by atoms with Gasteiger partial charge in [0.1, 0.15) is 18.0 Å². The van der Waals surface area contributed by atoms with E-state index < -0.39 is 0 Å². The van der Waals surface area contributed by atoms with Gasteiger partial charge in [0.15, 0.2) is 0 Å². The summed E-state index contributed by atoms with van der Waals surface area (Å²) >= 11 is 0. The molecule has 0 amide bonds. The highest BCUT2D eigenvalue weighted by molar-refractivity contribution is 5.21. The van der Waals surface area contributed by atoms with Crippen LogP contribution in [0.25, 0.3) is 0 Å². The SMILES string of the molecule is CNC(CN1CCn2cnnc2C1)c1ccccc1F. The number of nitrogens with one attached hydrogen (secondary N) is 1. The van der Waals surface area contributed by atoms with Crippen LogP contribution in [0.15, 0.2) is 30.6 Å². The average Bonchev–Trinajstić information content (AvgIpc) is 2.93. The van der Waals surface area contributed by atoms with Crippen LogP contribution < -0.4 is 5.32 Å². The fraction of sp³-hybridized carbons (Fsp3) is 0.429. The van der Waals surface area contributed by atoms with Crippen molar-refractivity contribution >= 4 is 0 Å². The highest BCUT2D eigenvalue weighted by Gasteiger charge is 2.22. The molecule has 6 heteroatoms. The molecule has 0 aliphatic carbocycles. The first-order valence-corrected chi connectivity index (χ1v) is 6.78. The lowest BCUT2D eigenvalue weighted by molar-refractivity contribution is 0.196. The zero-order chi connectivity index (χ0) is 13.9. The Hall–Kier alpha value is -1.79. The number of hydrogen-bond acceptors (Lipinski definition) is 4. The van der Waals surface area contributed by atoms with E-state index in [1.807, 2.05) is 19.2 Å². The molecule has 1 aliphatic heterocycles. The Balaban J connectivity index is 1.72. The molecule has 20 heavy (non-hydrogen) atoms. The number of aromatic nitrogens is 3. The molecule has 0 bridgehead atoms. The molecular weight excluding hydrogens is 257 g/mol. The van der Waals surface area contributed by atoms with Crippen LogP contribution in [0.2, 0.25) is 0 Å². The van der Waals surface area contributed by atoms with Crippen molar-refractivity contribution in [3.05, 3.63) is 47.8 Å². The number of likely N-dealkylation sites (N-methyl/N-ethyl adjacent to an activating group) is 1. The fourth-order valence-corrected chi connectivity index (χ4v) is 2.63. The molecule has 2 aromatic rings. The maximum atomic E-state index is 13.9. The van der Waals surface area contributed by atoms with E-state index in [9.17, 15) is 4.39 Å². The summed E-state index contributed by atoms with van der Waals surface area (Å²) in [6, 6.07) is 6.91. The number of fused-ring (bicyclic) bond motifs is 1. The van der Waals surface area contributed by atoms with Gasteiger partial charge in [-0.2, -0.15) is 0 Å². The van der Waals surface area contributed by atoms with Gasteiger partial charge in [-0.3, -0.25) is 4.90 Å². The molecule has 1 aromatic heterocycles. The van der Waals surface area contributed by atoms with Gasteiger partial charge in [-0.25, -0.2) is 4.39 Å². The van der Waals surface area contributed by atoms with Gasteiger partial charge in [0.05, 0.1) is 6.54 Å². The molecule has 1 aliphatic rings. The summed E-state index contributed by atoms with van der Waals surface area (Å²) in [7, 11) is 1.86. The van der Waals surface area contributed by atoms with Crippen LogP contribution in [0.4, 0.5) is 4.39 Å². The summed E-state index contributed by atoms with van der Waals surface area (Å²) in [5, 5.41) is 11.2. The predicted octanol–water partition coefficient (Wildman–Crippen LogP) is 1.19. The Morgan fingerprint density at radius 1 is 1.35 bits per heavy atom. The van der Waals surface area contributed by atoms with Gasteiger partial charge in [0.25, 0.3) is 0 Å². The van der Waals surface area contributed by atoms with Crippen molar-refractivity contribution in [1.82, 2.24) is 25.0 Å².